The van der Waals surface area contributed by atoms with E-state index in [2.05, 4.69) is 20.5 Å². The van der Waals surface area contributed by atoms with Crippen molar-refractivity contribution in [3.8, 4) is 0 Å². The molecule has 2 aromatic carbocycles. The van der Waals surface area contributed by atoms with E-state index < -0.39 is 0 Å². The molecular weight excluding hydrogens is 400 g/mol. The molecule has 0 atom stereocenters. The largest absolute Gasteiger partial charge is 0.375 e. The van der Waals surface area contributed by atoms with Gasteiger partial charge < -0.3 is 15.0 Å². The number of ether oxygens (including phenoxy) is 1. The third-order valence-corrected chi connectivity index (χ3v) is 4.96. The number of nitrogens with one attached hydrogen (secondary N) is 2. The van der Waals surface area contributed by atoms with Crippen LogP contribution in [0, 0.1) is 13.8 Å². The molecular formula is C23H31ClN4O2. The lowest BCUT2D eigenvalue weighted by Crippen LogP contribution is -2.45. The standard InChI is InChI=1S/C23H30N4O2.ClH/c1-18-9-8-10-19(2)21(18)25-23(28)26-22(27-14-6-7-15-27)24-13-16-29-17-20-11-4-3-5-12-20;/h3-5,8-12H,6-7,13-17H2,1-2H3,(H2,24,25,26,28);1H. The van der Waals surface area contributed by atoms with E-state index in [9.17, 15) is 4.79 Å². The minimum Gasteiger partial charge on any atom is -0.375 e. The zero-order valence-electron chi connectivity index (χ0n) is 17.7. The first-order valence-corrected chi connectivity index (χ1v) is 10.2. The average Bonchev–Trinajstić information content (AvgIpc) is 3.25. The van der Waals surface area contributed by atoms with Crippen molar-refractivity contribution in [3.05, 3.63) is 65.2 Å². The predicted octanol–water partition coefficient (Wildman–Crippen LogP) is 4.52. The normalized spacial score (nSPS) is 13.7. The molecule has 1 saturated heterocycles. The molecule has 0 spiro atoms. The molecule has 2 amide bonds. The van der Waals surface area contributed by atoms with Crippen LogP contribution >= 0.6 is 12.4 Å². The number of urea groups is 1. The Labute approximate surface area is 185 Å². The van der Waals surface area contributed by atoms with E-state index in [0.717, 1.165) is 48.3 Å². The lowest BCUT2D eigenvalue weighted by atomic mass is 10.1. The Balaban J connectivity index is 0.00000320. The number of rotatable bonds is 6. The van der Waals surface area contributed by atoms with Crippen molar-refractivity contribution in [1.29, 1.82) is 0 Å². The van der Waals surface area contributed by atoms with E-state index >= 15 is 0 Å². The van der Waals surface area contributed by atoms with Crippen LogP contribution in [0.3, 0.4) is 0 Å². The van der Waals surface area contributed by atoms with Crippen LogP contribution in [0.1, 0.15) is 29.5 Å². The number of para-hydroxylation sites is 1. The molecule has 0 aliphatic carbocycles. The van der Waals surface area contributed by atoms with Gasteiger partial charge in [-0.3, -0.25) is 10.3 Å². The van der Waals surface area contributed by atoms with E-state index in [1.54, 1.807) is 0 Å². The molecule has 0 saturated carbocycles. The highest BCUT2D eigenvalue weighted by molar-refractivity contribution is 6.03. The molecule has 1 fully saturated rings. The van der Waals surface area contributed by atoms with E-state index in [1.807, 2.05) is 62.4 Å². The number of halogens is 1. The molecule has 1 aliphatic heterocycles. The minimum absolute atomic E-state index is 0. The van der Waals surface area contributed by atoms with Crippen molar-refractivity contribution < 1.29 is 9.53 Å². The Kier molecular flexibility index (Phi) is 9.64. The fourth-order valence-corrected chi connectivity index (χ4v) is 3.39. The second kappa shape index (κ2) is 12.2. The molecule has 7 heteroatoms. The number of amides is 2. The van der Waals surface area contributed by atoms with Crippen molar-refractivity contribution in [1.82, 2.24) is 10.2 Å². The third kappa shape index (κ3) is 7.04. The molecule has 0 aromatic heterocycles. The number of carbonyl (C=O) groups excluding carboxylic acids is 1. The second-order valence-electron chi connectivity index (χ2n) is 7.28. The summed E-state index contributed by atoms with van der Waals surface area (Å²) in [6, 6.07) is 15.8. The highest BCUT2D eigenvalue weighted by Crippen LogP contribution is 2.19. The number of guanidine groups is 1. The maximum absolute atomic E-state index is 12.6. The summed E-state index contributed by atoms with van der Waals surface area (Å²) in [4.78, 5) is 19.3. The second-order valence-corrected chi connectivity index (χ2v) is 7.28. The summed E-state index contributed by atoms with van der Waals surface area (Å²) in [6.07, 6.45) is 2.23. The Morgan fingerprint density at radius 1 is 1.03 bits per heavy atom. The maximum atomic E-state index is 12.6. The van der Waals surface area contributed by atoms with Crippen LogP contribution in [0.15, 0.2) is 53.5 Å². The summed E-state index contributed by atoms with van der Waals surface area (Å²) in [6.45, 7) is 7.37. The van der Waals surface area contributed by atoms with Crippen LogP contribution < -0.4 is 10.6 Å². The molecule has 162 valence electrons. The quantitative estimate of drug-likeness (QED) is 0.402. The summed E-state index contributed by atoms with van der Waals surface area (Å²) < 4.78 is 5.71. The monoisotopic (exact) mass is 430 g/mol. The molecule has 3 rings (SSSR count). The number of carbonyl (C=O) groups is 1. The van der Waals surface area contributed by atoms with Gasteiger partial charge in [-0.15, -0.1) is 12.4 Å². The number of hydrogen-bond acceptors (Lipinski definition) is 3. The maximum Gasteiger partial charge on any atom is 0.326 e. The Bertz CT molecular complexity index is 816. The van der Waals surface area contributed by atoms with Crippen molar-refractivity contribution in [2.75, 3.05) is 31.6 Å². The summed E-state index contributed by atoms with van der Waals surface area (Å²) in [5, 5.41) is 5.91. The lowest BCUT2D eigenvalue weighted by Gasteiger charge is -2.21. The van der Waals surface area contributed by atoms with Crippen LogP contribution in [0.4, 0.5) is 10.5 Å². The molecule has 1 heterocycles. The smallest absolute Gasteiger partial charge is 0.326 e. The highest BCUT2D eigenvalue weighted by atomic mass is 35.5. The Morgan fingerprint density at radius 2 is 1.70 bits per heavy atom. The summed E-state index contributed by atoms with van der Waals surface area (Å²) >= 11 is 0. The van der Waals surface area contributed by atoms with E-state index in [-0.39, 0.29) is 18.4 Å². The van der Waals surface area contributed by atoms with Gasteiger partial charge in [-0.2, -0.15) is 0 Å². The van der Waals surface area contributed by atoms with Gasteiger partial charge in [0.15, 0.2) is 0 Å². The minimum atomic E-state index is -0.266. The van der Waals surface area contributed by atoms with Crippen LogP contribution in [0.25, 0.3) is 0 Å². The van der Waals surface area contributed by atoms with Gasteiger partial charge >= 0.3 is 6.03 Å². The van der Waals surface area contributed by atoms with Crippen molar-refractivity contribution >= 4 is 30.1 Å². The topological polar surface area (TPSA) is 66.0 Å². The first-order valence-electron chi connectivity index (χ1n) is 10.2. The fraction of sp³-hybridized carbons (Fsp3) is 0.391. The van der Waals surface area contributed by atoms with E-state index in [1.165, 1.54) is 0 Å². The number of aliphatic imine (C=N–C) groups is 1. The van der Waals surface area contributed by atoms with Gasteiger partial charge in [0.2, 0.25) is 5.96 Å². The lowest BCUT2D eigenvalue weighted by molar-refractivity contribution is 0.128. The molecule has 6 nitrogen and oxygen atoms in total. The number of aryl methyl sites for hydroxylation is 2. The highest BCUT2D eigenvalue weighted by Gasteiger charge is 2.18. The number of hydrogen-bond donors (Lipinski definition) is 2. The first-order chi connectivity index (χ1) is 14.1. The van der Waals surface area contributed by atoms with Crippen LogP contribution in [-0.4, -0.2) is 43.1 Å². The first kappa shape index (κ1) is 23.7. The molecule has 0 radical (unpaired) electrons. The van der Waals surface area contributed by atoms with Crippen LogP contribution in [0.5, 0.6) is 0 Å². The van der Waals surface area contributed by atoms with Gasteiger partial charge in [-0.1, -0.05) is 48.5 Å². The Morgan fingerprint density at radius 3 is 2.37 bits per heavy atom. The summed E-state index contributed by atoms with van der Waals surface area (Å²) in [5.74, 6) is 0.620. The summed E-state index contributed by atoms with van der Waals surface area (Å²) in [5.41, 5.74) is 4.06. The van der Waals surface area contributed by atoms with Gasteiger partial charge in [0.1, 0.15) is 0 Å². The summed E-state index contributed by atoms with van der Waals surface area (Å²) in [7, 11) is 0. The van der Waals surface area contributed by atoms with Crippen molar-refractivity contribution in [2.45, 2.75) is 33.3 Å². The van der Waals surface area contributed by atoms with E-state index in [0.29, 0.717) is 25.7 Å². The third-order valence-electron chi connectivity index (χ3n) is 4.96. The molecule has 2 aromatic rings. The number of nitrogens with zero attached hydrogens (tertiary/aromatic N) is 2. The van der Waals surface area contributed by atoms with Gasteiger partial charge in [-0.05, 0) is 43.4 Å². The molecule has 0 bridgehead atoms. The van der Waals surface area contributed by atoms with Gasteiger partial charge in [0.05, 0.1) is 19.8 Å². The zero-order valence-corrected chi connectivity index (χ0v) is 18.5. The molecule has 2 N–H and O–H groups in total. The van der Waals surface area contributed by atoms with Gasteiger partial charge in [-0.25, -0.2) is 4.79 Å². The van der Waals surface area contributed by atoms with Crippen molar-refractivity contribution in [3.63, 3.8) is 0 Å². The van der Waals surface area contributed by atoms with Crippen molar-refractivity contribution in [2.24, 2.45) is 4.99 Å². The fourth-order valence-electron chi connectivity index (χ4n) is 3.39. The van der Waals surface area contributed by atoms with Crippen LogP contribution in [-0.2, 0) is 11.3 Å². The van der Waals surface area contributed by atoms with Gasteiger partial charge in [0.25, 0.3) is 0 Å². The van der Waals surface area contributed by atoms with E-state index in [4.69, 9.17) is 4.74 Å². The number of anilines is 1. The number of likely N-dealkylation sites (tertiary alicyclic amines) is 1. The SMILES string of the molecule is Cc1cccc(C)c1NC(=O)NC(=NCCOCc1ccccc1)N1CCCC1.Cl. The molecule has 1 aliphatic rings. The average molecular weight is 431 g/mol. The zero-order chi connectivity index (χ0) is 20.5. The predicted molar refractivity (Wildman–Crippen MR) is 125 cm³/mol. The number of benzene rings is 2. The van der Waals surface area contributed by atoms with Gasteiger partial charge in [0, 0.05) is 18.8 Å². The Hall–Kier alpha value is -2.57. The molecule has 0 unspecified atom stereocenters. The molecule has 30 heavy (non-hydrogen) atoms. The van der Waals surface area contributed by atoms with Crippen LogP contribution in [0.2, 0.25) is 0 Å².